The number of amides is 1. The summed E-state index contributed by atoms with van der Waals surface area (Å²) in [7, 11) is 0. The van der Waals surface area contributed by atoms with Gasteiger partial charge in [0.05, 0.1) is 6.04 Å². The molecule has 24 heavy (non-hydrogen) atoms. The minimum absolute atomic E-state index is 0. The second-order valence-electron chi connectivity index (χ2n) is 6.31. The smallest absolute Gasteiger partial charge is 0.387 e. The first-order valence-corrected chi connectivity index (χ1v) is 8.20. The van der Waals surface area contributed by atoms with Crippen LogP contribution < -0.4 is 15.4 Å². The van der Waals surface area contributed by atoms with Crippen LogP contribution in [0.3, 0.4) is 0 Å². The lowest BCUT2D eigenvalue weighted by molar-refractivity contribution is -0.123. The maximum Gasteiger partial charge on any atom is 0.387 e. The lowest BCUT2D eigenvalue weighted by atomic mass is 9.85. The first-order chi connectivity index (χ1) is 11.1. The molecule has 3 rings (SSSR count). The Kier molecular flexibility index (Phi) is 6.80. The minimum Gasteiger partial charge on any atom is -0.434 e. The van der Waals surface area contributed by atoms with E-state index in [1.54, 1.807) is 18.2 Å². The average molecular weight is 361 g/mol. The van der Waals surface area contributed by atoms with Crippen LogP contribution in [0.5, 0.6) is 5.75 Å². The monoisotopic (exact) mass is 360 g/mol. The molecule has 1 saturated carbocycles. The first-order valence-electron chi connectivity index (χ1n) is 8.20. The highest BCUT2D eigenvalue weighted by atomic mass is 35.5. The van der Waals surface area contributed by atoms with E-state index in [4.69, 9.17) is 0 Å². The van der Waals surface area contributed by atoms with Crippen molar-refractivity contribution in [3.63, 3.8) is 0 Å². The van der Waals surface area contributed by atoms with E-state index in [2.05, 4.69) is 15.4 Å². The highest BCUT2D eigenvalue weighted by molar-refractivity contribution is 5.85. The van der Waals surface area contributed by atoms with E-state index in [-0.39, 0.29) is 36.7 Å². The number of alkyl halides is 2. The highest BCUT2D eigenvalue weighted by Crippen LogP contribution is 2.33. The summed E-state index contributed by atoms with van der Waals surface area (Å²) in [6.45, 7) is -2.68. The number of ether oxygens (including phenoxy) is 1. The van der Waals surface area contributed by atoms with Gasteiger partial charge in [-0.1, -0.05) is 31.0 Å². The molecule has 2 N–H and O–H groups in total. The van der Waals surface area contributed by atoms with E-state index in [1.165, 1.54) is 25.3 Å². The van der Waals surface area contributed by atoms with Crippen LogP contribution in [0.2, 0.25) is 0 Å². The molecule has 1 aliphatic carbocycles. The van der Waals surface area contributed by atoms with Crippen molar-refractivity contribution < 1.29 is 18.3 Å². The topological polar surface area (TPSA) is 50.4 Å². The zero-order chi connectivity index (χ0) is 16.2. The molecule has 134 valence electrons. The van der Waals surface area contributed by atoms with Crippen LogP contribution in [0.4, 0.5) is 8.78 Å². The fourth-order valence-corrected chi connectivity index (χ4v) is 3.69. The molecule has 0 aromatic heterocycles. The molecule has 0 spiro atoms. The molecule has 2 aliphatic rings. The Labute approximate surface area is 146 Å². The summed E-state index contributed by atoms with van der Waals surface area (Å²) in [5.41, 5.74) is 0.552. The maximum atomic E-state index is 12.4. The summed E-state index contributed by atoms with van der Waals surface area (Å²) >= 11 is 0. The van der Waals surface area contributed by atoms with Crippen molar-refractivity contribution in [3.05, 3.63) is 29.8 Å². The molecule has 3 atom stereocenters. The normalized spacial score (nSPS) is 25.7. The predicted octanol–water partition coefficient (Wildman–Crippen LogP) is 3.25. The Hall–Kier alpha value is -1.40. The number of halogens is 3. The quantitative estimate of drug-likeness (QED) is 0.847. The summed E-state index contributed by atoms with van der Waals surface area (Å²) in [6, 6.07) is 6.81. The molecule has 1 aromatic carbocycles. The highest BCUT2D eigenvalue weighted by Gasteiger charge is 2.38. The molecule has 0 bridgehead atoms. The first kappa shape index (κ1) is 18.9. The second-order valence-corrected chi connectivity index (χ2v) is 6.31. The fraction of sp³-hybridized carbons (Fsp3) is 0.588. The number of rotatable bonds is 5. The molecule has 1 heterocycles. The summed E-state index contributed by atoms with van der Waals surface area (Å²) in [5.74, 6) is 0.635. The van der Waals surface area contributed by atoms with E-state index in [0.717, 1.165) is 12.8 Å². The van der Waals surface area contributed by atoms with Crippen molar-refractivity contribution in [2.24, 2.45) is 5.92 Å². The van der Waals surface area contributed by atoms with Gasteiger partial charge < -0.3 is 15.4 Å². The van der Waals surface area contributed by atoms with Crippen LogP contribution in [0, 0.1) is 5.92 Å². The molecular formula is C17H23ClF2N2O2. The summed E-state index contributed by atoms with van der Waals surface area (Å²) < 4.78 is 29.3. The van der Waals surface area contributed by atoms with E-state index < -0.39 is 6.61 Å². The van der Waals surface area contributed by atoms with Crippen LogP contribution in [0.1, 0.15) is 37.7 Å². The lowest BCUT2D eigenvalue weighted by Crippen LogP contribution is -2.42. The Morgan fingerprint density at radius 2 is 2.04 bits per heavy atom. The molecule has 3 unspecified atom stereocenters. The van der Waals surface area contributed by atoms with E-state index >= 15 is 0 Å². The second kappa shape index (κ2) is 8.62. The van der Waals surface area contributed by atoms with Crippen molar-refractivity contribution in [3.8, 4) is 5.75 Å². The Bertz CT molecular complexity index is 545. The fourth-order valence-electron chi connectivity index (χ4n) is 3.69. The van der Waals surface area contributed by atoms with Gasteiger partial charge in [0, 0.05) is 18.2 Å². The Morgan fingerprint density at radius 3 is 2.79 bits per heavy atom. The minimum atomic E-state index is -2.87. The Morgan fingerprint density at radius 1 is 1.29 bits per heavy atom. The molecule has 1 amide bonds. The Balaban J connectivity index is 0.00000208. The zero-order valence-corrected chi connectivity index (χ0v) is 14.2. The lowest BCUT2D eigenvalue weighted by Gasteiger charge is -2.24. The maximum absolute atomic E-state index is 12.4. The van der Waals surface area contributed by atoms with Gasteiger partial charge in [-0.3, -0.25) is 4.79 Å². The van der Waals surface area contributed by atoms with Gasteiger partial charge >= 0.3 is 6.61 Å². The number of nitrogens with one attached hydrogen (secondary N) is 2. The molecule has 2 fully saturated rings. The molecule has 0 radical (unpaired) electrons. The standard InChI is InChI=1S/C17H22F2N2O2.ClH/c18-17(19)23-15-8-4-2-6-12(15)10-20-16(22)14-9-11-5-1-3-7-13(11)21-14;/h2,4,6,8,11,13-14,17,21H,1,3,5,7,9-10H2,(H,20,22);1H. The van der Waals surface area contributed by atoms with E-state index in [9.17, 15) is 13.6 Å². The third-order valence-electron chi connectivity index (χ3n) is 4.82. The molecule has 1 saturated heterocycles. The van der Waals surface area contributed by atoms with Crippen molar-refractivity contribution in [1.29, 1.82) is 0 Å². The van der Waals surface area contributed by atoms with Gasteiger partial charge in [-0.2, -0.15) is 8.78 Å². The predicted molar refractivity (Wildman–Crippen MR) is 89.5 cm³/mol. The number of fused-ring (bicyclic) bond motifs is 1. The van der Waals surface area contributed by atoms with Gasteiger partial charge in [-0.05, 0) is 31.2 Å². The van der Waals surface area contributed by atoms with Gasteiger partial charge in [-0.25, -0.2) is 0 Å². The van der Waals surface area contributed by atoms with Gasteiger partial charge in [-0.15, -0.1) is 12.4 Å². The molecule has 1 aromatic rings. The van der Waals surface area contributed by atoms with Crippen molar-refractivity contribution in [1.82, 2.24) is 10.6 Å². The van der Waals surface area contributed by atoms with Crippen LogP contribution in [-0.2, 0) is 11.3 Å². The number of hydrogen-bond acceptors (Lipinski definition) is 3. The summed E-state index contributed by atoms with van der Waals surface area (Å²) in [6.07, 6.45) is 5.66. The van der Waals surface area contributed by atoms with E-state index in [0.29, 0.717) is 17.5 Å². The molecular weight excluding hydrogens is 338 g/mol. The van der Waals surface area contributed by atoms with E-state index in [1.807, 2.05) is 0 Å². The van der Waals surface area contributed by atoms with Gasteiger partial charge in [0.25, 0.3) is 0 Å². The van der Waals surface area contributed by atoms with Crippen molar-refractivity contribution >= 4 is 18.3 Å². The number of carbonyl (C=O) groups is 1. The third-order valence-corrected chi connectivity index (χ3v) is 4.82. The number of para-hydroxylation sites is 1. The van der Waals surface area contributed by atoms with Gasteiger partial charge in [0.2, 0.25) is 5.91 Å². The van der Waals surface area contributed by atoms with Gasteiger partial charge in [0.1, 0.15) is 5.75 Å². The summed E-state index contributed by atoms with van der Waals surface area (Å²) in [5, 5.41) is 6.25. The summed E-state index contributed by atoms with van der Waals surface area (Å²) in [4.78, 5) is 12.3. The van der Waals surface area contributed by atoms with Crippen LogP contribution in [0.25, 0.3) is 0 Å². The number of benzene rings is 1. The SMILES string of the molecule is Cl.O=C(NCc1ccccc1OC(F)F)C1CC2CCCCC2N1. The van der Waals surface area contributed by atoms with Gasteiger partial charge in [0.15, 0.2) is 0 Å². The average Bonchev–Trinajstić information content (AvgIpc) is 2.97. The number of carbonyl (C=O) groups excluding carboxylic acids is 1. The molecule has 7 heteroatoms. The molecule has 1 aliphatic heterocycles. The van der Waals surface area contributed by atoms with Crippen molar-refractivity contribution in [2.75, 3.05) is 0 Å². The third kappa shape index (κ3) is 4.57. The largest absolute Gasteiger partial charge is 0.434 e. The molecule has 4 nitrogen and oxygen atoms in total. The van der Waals surface area contributed by atoms with Crippen LogP contribution in [0.15, 0.2) is 24.3 Å². The van der Waals surface area contributed by atoms with Crippen LogP contribution in [-0.4, -0.2) is 24.6 Å². The van der Waals surface area contributed by atoms with Crippen molar-refractivity contribution in [2.45, 2.75) is 57.3 Å². The zero-order valence-electron chi connectivity index (χ0n) is 13.3. The van der Waals surface area contributed by atoms with Crippen LogP contribution >= 0.6 is 12.4 Å². The number of hydrogen-bond donors (Lipinski definition) is 2.